The van der Waals surface area contributed by atoms with Gasteiger partial charge in [-0.15, -0.1) is 0 Å². The number of carbonyl (C=O) groups excluding carboxylic acids is 2. The molecule has 8 nitrogen and oxygen atoms in total. The molecule has 1 fully saturated rings. The first-order valence-corrected chi connectivity index (χ1v) is 14.6. The van der Waals surface area contributed by atoms with E-state index in [-0.39, 0.29) is 42.4 Å². The second-order valence-electron chi connectivity index (χ2n) is 10.4. The highest BCUT2D eigenvalue weighted by atomic mass is 19.1. The van der Waals surface area contributed by atoms with Gasteiger partial charge in [-0.2, -0.15) is 0 Å². The van der Waals surface area contributed by atoms with Crippen LogP contribution in [-0.4, -0.2) is 48.9 Å². The number of halogens is 1. The van der Waals surface area contributed by atoms with Crippen LogP contribution in [0.3, 0.4) is 0 Å². The Morgan fingerprint density at radius 1 is 0.884 bits per heavy atom. The fourth-order valence-corrected chi connectivity index (χ4v) is 5.19. The largest absolute Gasteiger partial charge is 0.493 e. The van der Waals surface area contributed by atoms with Gasteiger partial charge in [-0.1, -0.05) is 24.3 Å². The molecule has 9 heteroatoms. The third kappa shape index (κ3) is 8.80. The SMILES string of the molecule is CCOC(=O)CCCOc1cccc(C2CC(Oc3cc(C(=O)O)cc(-c4cccc(F)c4)c3)C2)c1CCC(=O)OCC. The van der Waals surface area contributed by atoms with Gasteiger partial charge in [0, 0.05) is 12.8 Å². The first-order chi connectivity index (χ1) is 20.8. The van der Waals surface area contributed by atoms with Gasteiger partial charge in [-0.25, -0.2) is 9.18 Å². The molecule has 4 rings (SSSR count). The van der Waals surface area contributed by atoms with Crippen molar-refractivity contribution in [2.75, 3.05) is 19.8 Å². The zero-order chi connectivity index (χ0) is 30.8. The number of hydrogen-bond donors (Lipinski definition) is 1. The smallest absolute Gasteiger partial charge is 0.335 e. The van der Waals surface area contributed by atoms with E-state index in [4.69, 9.17) is 18.9 Å². The van der Waals surface area contributed by atoms with E-state index in [1.165, 1.54) is 24.3 Å². The maximum atomic E-state index is 13.8. The van der Waals surface area contributed by atoms with E-state index in [1.54, 1.807) is 32.0 Å². The van der Waals surface area contributed by atoms with Crippen molar-refractivity contribution in [2.24, 2.45) is 0 Å². The topological polar surface area (TPSA) is 108 Å². The summed E-state index contributed by atoms with van der Waals surface area (Å²) < 4.78 is 36.2. The molecule has 1 aliphatic carbocycles. The van der Waals surface area contributed by atoms with Gasteiger partial charge < -0.3 is 24.1 Å². The molecule has 1 saturated carbocycles. The molecule has 43 heavy (non-hydrogen) atoms. The minimum absolute atomic E-state index is 0.0571. The van der Waals surface area contributed by atoms with Crippen LogP contribution < -0.4 is 9.47 Å². The molecule has 3 aromatic rings. The maximum absolute atomic E-state index is 13.8. The van der Waals surface area contributed by atoms with E-state index in [9.17, 15) is 23.9 Å². The summed E-state index contributed by atoms with van der Waals surface area (Å²) in [7, 11) is 0. The Morgan fingerprint density at radius 3 is 2.30 bits per heavy atom. The zero-order valence-electron chi connectivity index (χ0n) is 24.5. The standard InChI is InChI=1S/C34H37FO8/c1-3-40-32(36)12-7-15-42-31-11-6-10-29(30(31)13-14-33(37)41-4-2)24-19-28(20-24)43-27-18-23(16-25(21-27)34(38)39)22-8-5-9-26(35)17-22/h5-6,8-11,16-18,21,24,28H,3-4,7,12-15,19-20H2,1-2H3,(H,38,39). The molecular formula is C34H37FO8. The molecule has 0 heterocycles. The third-order valence-corrected chi connectivity index (χ3v) is 7.29. The highest BCUT2D eigenvalue weighted by Gasteiger charge is 2.34. The first kappa shape index (κ1) is 31.5. The molecule has 0 amide bonds. The summed E-state index contributed by atoms with van der Waals surface area (Å²) in [6, 6.07) is 16.5. The second-order valence-corrected chi connectivity index (χ2v) is 10.4. The van der Waals surface area contributed by atoms with Gasteiger partial charge in [0.25, 0.3) is 0 Å². The summed E-state index contributed by atoms with van der Waals surface area (Å²) >= 11 is 0. The average Bonchev–Trinajstić information content (AvgIpc) is 2.96. The van der Waals surface area contributed by atoms with Crippen molar-refractivity contribution in [3.8, 4) is 22.6 Å². The number of carboxylic acid groups (broad SMARTS) is 1. The maximum Gasteiger partial charge on any atom is 0.335 e. The molecule has 0 saturated heterocycles. The third-order valence-electron chi connectivity index (χ3n) is 7.29. The lowest BCUT2D eigenvalue weighted by atomic mass is 9.75. The Bertz CT molecular complexity index is 1430. The van der Waals surface area contributed by atoms with Crippen LogP contribution in [0.1, 0.15) is 73.4 Å². The van der Waals surface area contributed by atoms with Crippen LogP contribution in [0.5, 0.6) is 11.5 Å². The minimum Gasteiger partial charge on any atom is -0.493 e. The summed E-state index contributed by atoms with van der Waals surface area (Å²) in [5.41, 5.74) is 3.16. The van der Waals surface area contributed by atoms with Crippen molar-refractivity contribution in [1.29, 1.82) is 0 Å². The number of hydrogen-bond acceptors (Lipinski definition) is 7. The number of carboxylic acids is 1. The highest BCUT2D eigenvalue weighted by Crippen LogP contribution is 2.43. The normalized spacial score (nSPS) is 15.7. The lowest BCUT2D eigenvalue weighted by Crippen LogP contribution is -2.33. The van der Waals surface area contributed by atoms with E-state index >= 15 is 0 Å². The molecule has 0 aliphatic heterocycles. The monoisotopic (exact) mass is 592 g/mol. The fraction of sp³-hybridized carbons (Fsp3) is 0.382. The van der Waals surface area contributed by atoms with Gasteiger partial charge in [0.2, 0.25) is 0 Å². The number of benzene rings is 3. The van der Waals surface area contributed by atoms with Crippen molar-refractivity contribution in [2.45, 2.75) is 64.4 Å². The van der Waals surface area contributed by atoms with E-state index in [2.05, 4.69) is 0 Å². The predicted octanol–water partition coefficient (Wildman–Crippen LogP) is 6.73. The van der Waals surface area contributed by atoms with Crippen LogP contribution in [-0.2, 0) is 25.5 Å². The van der Waals surface area contributed by atoms with Crippen LogP contribution >= 0.6 is 0 Å². The Balaban J connectivity index is 1.47. The quantitative estimate of drug-likeness (QED) is 0.153. The second kappa shape index (κ2) is 15.2. The summed E-state index contributed by atoms with van der Waals surface area (Å²) in [6.45, 7) is 4.52. The molecule has 0 aromatic heterocycles. The Morgan fingerprint density at radius 2 is 1.60 bits per heavy atom. The van der Waals surface area contributed by atoms with Gasteiger partial charge in [-0.3, -0.25) is 9.59 Å². The van der Waals surface area contributed by atoms with Gasteiger partial charge in [0.15, 0.2) is 0 Å². The van der Waals surface area contributed by atoms with Gasteiger partial charge in [-0.05, 0) is 104 Å². The number of ether oxygens (including phenoxy) is 4. The molecule has 0 bridgehead atoms. The summed E-state index contributed by atoms with van der Waals surface area (Å²) in [6.07, 6.45) is 2.64. The van der Waals surface area contributed by atoms with E-state index in [1.807, 2.05) is 18.2 Å². The van der Waals surface area contributed by atoms with Crippen molar-refractivity contribution in [3.05, 3.63) is 83.2 Å². The number of esters is 2. The number of carbonyl (C=O) groups is 3. The van der Waals surface area contributed by atoms with Crippen LogP contribution in [0.4, 0.5) is 4.39 Å². The predicted molar refractivity (Wildman–Crippen MR) is 158 cm³/mol. The molecular weight excluding hydrogens is 555 g/mol. The Hall–Kier alpha value is -4.40. The lowest BCUT2D eigenvalue weighted by Gasteiger charge is -2.37. The van der Waals surface area contributed by atoms with Gasteiger partial charge in [0.1, 0.15) is 17.3 Å². The van der Waals surface area contributed by atoms with Crippen LogP contribution in [0, 0.1) is 5.82 Å². The van der Waals surface area contributed by atoms with E-state index in [0.29, 0.717) is 68.1 Å². The molecule has 3 aromatic carbocycles. The lowest BCUT2D eigenvalue weighted by molar-refractivity contribution is -0.144. The zero-order valence-corrected chi connectivity index (χ0v) is 24.5. The van der Waals surface area contributed by atoms with E-state index in [0.717, 1.165) is 11.1 Å². The fourth-order valence-electron chi connectivity index (χ4n) is 5.19. The van der Waals surface area contributed by atoms with Crippen molar-refractivity contribution < 1.29 is 42.8 Å². The first-order valence-electron chi connectivity index (χ1n) is 14.6. The summed E-state index contributed by atoms with van der Waals surface area (Å²) in [5, 5.41) is 9.64. The molecule has 1 aliphatic rings. The summed E-state index contributed by atoms with van der Waals surface area (Å²) in [5.74, 6) is -0.831. The van der Waals surface area contributed by atoms with Gasteiger partial charge >= 0.3 is 17.9 Å². The van der Waals surface area contributed by atoms with Crippen LogP contribution in [0.15, 0.2) is 60.7 Å². The summed E-state index contributed by atoms with van der Waals surface area (Å²) in [4.78, 5) is 35.6. The number of aromatic carboxylic acids is 1. The molecule has 0 atom stereocenters. The molecule has 228 valence electrons. The van der Waals surface area contributed by atoms with Gasteiger partial charge in [0.05, 0.1) is 31.5 Å². The minimum atomic E-state index is -1.10. The van der Waals surface area contributed by atoms with Crippen molar-refractivity contribution in [3.63, 3.8) is 0 Å². The molecule has 0 radical (unpaired) electrons. The highest BCUT2D eigenvalue weighted by molar-refractivity contribution is 5.90. The Labute approximate surface area is 250 Å². The number of rotatable bonds is 15. The molecule has 0 spiro atoms. The van der Waals surface area contributed by atoms with Crippen LogP contribution in [0.25, 0.3) is 11.1 Å². The Kier molecular flexibility index (Phi) is 11.1. The van der Waals surface area contributed by atoms with Crippen molar-refractivity contribution >= 4 is 17.9 Å². The molecule has 0 unspecified atom stereocenters. The molecule has 1 N–H and O–H groups in total. The van der Waals surface area contributed by atoms with Crippen LogP contribution in [0.2, 0.25) is 0 Å². The van der Waals surface area contributed by atoms with Crippen molar-refractivity contribution in [1.82, 2.24) is 0 Å². The average molecular weight is 593 g/mol. The van der Waals surface area contributed by atoms with E-state index < -0.39 is 11.8 Å².